The van der Waals surface area contributed by atoms with Gasteiger partial charge in [-0.3, -0.25) is 9.69 Å². The number of urea groups is 1. The van der Waals surface area contributed by atoms with Crippen LogP contribution in [-0.2, 0) is 9.53 Å². The van der Waals surface area contributed by atoms with Crippen LogP contribution in [0.1, 0.15) is 39.5 Å². The maximum Gasteiger partial charge on any atom is 0.409 e. The minimum Gasteiger partial charge on any atom is -0.450 e. The average molecular weight is 424 g/mol. The van der Waals surface area contributed by atoms with Gasteiger partial charge in [0.05, 0.1) is 6.61 Å². The highest BCUT2D eigenvalue weighted by atomic mass is 16.6. The third-order valence-corrected chi connectivity index (χ3v) is 6.84. The molecule has 170 valence electrons. The van der Waals surface area contributed by atoms with Crippen molar-refractivity contribution >= 4 is 18.0 Å². The number of piperidine rings is 2. The Morgan fingerprint density at radius 2 is 1.73 bits per heavy atom. The molecule has 0 aromatic heterocycles. The van der Waals surface area contributed by atoms with Gasteiger partial charge in [0, 0.05) is 51.9 Å². The van der Waals surface area contributed by atoms with Gasteiger partial charge in [0.15, 0.2) is 0 Å². The van der Waals surface area contributed by atoms with Crippen molar-refractivity contribution in [3.05, 3.63) is 0 Å². The zero-order valence-electron chi connectivity index (χ0n) is 18.9. The first-order chi connectivity index (χ1) is 14.3. The molecule has 3 saturated heterocycles. The van der Waals surface area contributed by atoms with Crippen molar-refractivity contribution in [2.75, 3.05) is 66.5 Å². The normalized spacial score (nSPS) is 23.2. The molecule has 9 heteroatoms. The predicted molar refractivity (Wildman–Crippen MR) is 113 cm³/mol. The topological polar surface area (TPSA) is 76.6 Å². The molecule has 0 aromatic carbocycles. The van der Waals surface area contributed by atoms with Gasteiger partial charge in [-0.15, -0.1) is 0 Å². The molecule has 3 aliphatic rings. The van der Waals surface area contributed by atoms with Crippen molar-refractivity contribution in [2.45, 2.75) is 51.1 Å². The highest BCUT2D eigenvalue weighted by Crippen LogP contribution is 2.38. The number of nitrogens with zero attached hydrogens (tertiary/aromatic N) is 5. The maximum absolute atomic E-state index is 13.3. The molecule has 3 rings (SSSR count). The summed E-state index contributed by atoms with van der Waals surface area (Å²) in [7, 11) is 3.90. The van der Waals surface area contributed by atoms with Crippen molar-refractivity contribution in [3.8, 4) is 0 Å². The standard InChI is InChI=1S/C21H37N5O4/c1-5-26-19(28)25(16-15-22(3)4)18(27)21(26)9-13-23(14-10-21)17-7-11-24(12-8-17)20(29)30-6-2/h17H,5-16H2,1-4H3. The minimum atomic E-state index is -0.680. The second kappa shape index (κ2) is 9.51. The lowest BCUT2D eigenvalue weighted by molar-refractivity contribution is -0.136. The molecule has 4 amide bonds. The summed E-state index contributed by atoms with van der Waals surface area (Å²) in [4.78, 5) is 47.6. The number of likely N-dealkylation sites (tertiary alicyclic amines) is 2. The van der Waals surface area contributed by atoms with E-state index in [0.29, 0.717) is 58.2 Å². The molecular weight excluding hydrogens is 386 g/mol. The molecule has 9 nitrogen and oxygen atoms in total. The van der Waals surface area contributed by atoms with Crippen molar-refractivity contribution in [2.24, 2.45) is 0 Å². The van der Waals surface area contributed by atoms with Gasteiger partial charge in [-0.25, -0.2) is 9.59 Å². The lowest BCUT2D eigenvalue weighted by Crippen LogP contribution is -2.59. The molecule has 0 radical (unpaired) electrons. The van der Waals surface area contributed by atoms with E-state index in [4.69, 9.17) is 4.74 Å². The van der Waals surface area contributed by atoms with E-state index in [1.807, 2.05) is 32.8 Å². The predicted octanol–water partition coefficient (Wildman–Crippen LogP) is 1.29. The molecule has 0 N–H and O–H groups in total. The lowest BCUT2D eigenvalue weighted by Gasteiger charge is -2.46. The van der Waals surface area contributed by atoms with Gasteiger partial charge < -0.3 is 24.3 Å². The summed E-state index contributed by atoms with van der Waals surface area (Å²) in [5.41, 5.74) is -0.680. The summed E-state index contributed by atoms with van der Waals surface area (Å²) in [6.07, 6.45) is 2.99. The molecule has 0 bridgehead atoms. The molecule has 0 saturated carbocycles. The molecule has 3 heterocycles. The fourth-order valence-electron chi connectivity index (χ4n) is 5.09. The Hall–Kier alpha value is -1.87. The van der Waals surface area contributed by atoms with E-state index in [1.54, 1.807) is 9.80 Å². The summed E-state index contributed by atoms with van der Waals surface area (Å²) < 4.78 is 5.11. The van der Waals surface area contributed by atoms with Gasteiger partial charge in [0.25, 0.3) is 5.91 Å². The first-order valence-electron chi connectivity index (χ1n) is 11.3. The average Bonchev–Trinajstić information content (AvgIpc) is 2.93. The SMILES string of the molecule is CCOC(=O)N1CCC(N2CCC3(CC2)C(=O)N(CCN(C)C)C(=O)N3CC)CC1. The van der Waals surface area contributed by atoms with Crippen molar-refractivity contribution in [1.29, 1.82) is 0 Å². The summed E-state index contributed by atoms with van der Waals surface area (Å²) in [6.45, 7) is 8.89. The van der Waals surface area contributed by atoms with Crippen molar-refractivity contribution < 1.29 is 19.1 Å². The van der Waals surface area contributed by atoms with Crippen LogP contribution in [-0.4, -0.2) is 121 Å². The Kier molecular flexibility index (Phi) is 7.23. The summed E-state index contributed by atoms with van der Waals surface area (Å²) in [5.74, 6) is -0.0204. The van der Waals surface area contributed by atoms with Crippen LogP contribution in [0.25, 0.3) is 0 Å². The van der Waals surface area contributed by atoms with E-state index < -0.39 is 5.54 Å². The lowest BCUT2D eigenvalue weighted by atomic mass is 9.84. The highest BCUT2D eigenvalue weighted by Gasteiger charge is 2.57. The number of rotatable bonds is 6. The first kappa shape index (κ1) is 22.8. The third kappa shape index (κ3) is 4.27. The number of amides is 4. The second-order valence-electron chi connectivity index (χ2n) is 8.77. The monoisotopic (exact) mass is 423 g/mol. The Morgan fingerprint density at radius 1 is 1.10 bits per heavy atom. The summed E-state index contributed by atoms with van der Waals surface area (Å²) in [5, 5.41) is 0. The molecule has 3 fully saturated rings. The quantitative estimate of drug-likeness (QED) is 0.599. The van der Waals surface area contributed by atoms with Crippen LogP contribution in [0.15, 0.2) is 0 Å². The maximum atomic E-state index is 13.3. The highest BCUT2D eigenvalue weighted by molar-refractivity contribution is 6.07. The number of ether oxygens (including phenoxy) is 1. The Morgan fingerprint density at radius 3 is 2.27 bits per heavy atom. The van der Waals surface area contributed by atoms with Crippen LogP contribution in [0.3, 0.4) is 0 Å². The number of likely N-dealkylation sites (N-methyl/N-ethyl adjacent to an activating group) is 2. The zero-order chi connectivity index (χ0) is 21.9. The van der Waals surface area contributed by atoms with Crippen LogP contribution in [0, 0.1) is 0 Å². The molecule has 1 spiro atoms. The Balaban J connectivity index is 1.59. The van der Waals surface area contributed by atoms with Crippen LogP contribution >= 0.6 is 0 Å². The van der Waals surface area contributed by atoms with Crippen LogP contribution in [0.2, 0.25) is 0 Å². The van der Waals surface area contributed by atoms with Gasteiger partial charge in [-0.05, 0) is 53.6 Å². The Bertz CT molecular complexity index is 639. The molecule has 0 unspecified atom stereocenters. The van der Waals surface area contributed by atoms with Crippen LogP contribution in [0.4, 0.5) is 9.59 Å². The number of carbonyl (C=O) groups is 3. The molecule has 30 heavy (non-hydrogen) atoms. The molecular formula is C21H37N5O4. The van der Waals surface area contributed by atoms with E-state index in [2.05, 4.69) is 4.90 Å². The summed E-state index contributed by atoms with van der Waals surface area (Å²) >= 11 is 0. The van der Waals surface area contributed by atoms with E-state index in [0.717, 1.165) is 25.9 Å². The Labute approximate surface area is 179 Å². The molecule has 0 aromatic rings. The van der Waals surface area contributed by atoms with E-state index >= 15 is 0 Å². The second-order valence-corrected chi connectivity index (χ2v) is 8.77. The van der Waals surface area contributed by atoms with Crippen molar-refractivity contribution in [3.63, 3.8) is 0 Å². The molecule has 0 atom stereocenters. The van der Waals surface area contributed by atoms with Gasteiger partial charge in [0.2, 0.25) is 0 Å². The first-order valence-corrected chi connectivity index (χ1v) is 11.3. The fourth-order valence-corrected chi connectivity index (χ4v) is 5.09. The number of imide groups is 1. The largest absolute Gasteiger partial charge is 0.450 e. The van der Waals surface area contributed by atoms with Crippen LogP contribution < -0.4 is 0 Å². The van der Waals surface area contributed by atoms with Gasteiger partial charge in [-0.1, -0.05) is 0 Å². The van der Waals surface area contributed by atoms with E-state index in [9.17, 15) is 14.4 Å². The number of carbonyl (C=O) groups excluding carboxylic acids is 3. The van der Waals surface area contributed by atoms with E-state index in [1.165, 1.54) is 4.90 Å². The third-order valence-electron chi connectivity index (χ3n) is 6.84. The zero-order valence-corrected chi connectivity index (χ0v) is 18.9. The number of hydrogen-bond donors (Lipinski definition) is 0. The van der Waals surface area contributed by atoms with Crippen LogP contribution in [0.5, 0.6) is 0 Å². The van der Waals surface area contributed by atoms with Gasteiger partial charge in [-0.2, -0.15) is 0 Å². The minimum absolute atomic E-state index is 0.0204. The van der Waals surface area contributed by atoms with Gasteiger partial charge in [0.1, 0.15) is 5.54 Å². The molecule has 0 aliphatic carbocycles. The summed E-state index contributed by atoms with van der Waals surface area (Å²) in [6, 6.07) is 0.278. The molecule has 3 aliphatic heterocycles. The number of hydrogen-bond acceptors (Lipinski definition) is 6. The van der Waals surface area contributed by atoms with E-state index in [-0.39, 0.29) is 18.0 Å². The smallest absolute Gasteiger partial charge is 0.409 e. The van der Waals surface area contributed by atoms with Crippen molar-refractivity contribution in [1.82, 2.24) is 24.5 Å². The fraction of sp³-hybridized carbons (Fsp3) is 0.857. The van der Waals surface area contributed by atoms with Gasteiger partial charge >= 0.3 is 12.1 Å².